The molecule has 22 heavy (non-hydrogen) atoms. The van der Waals surface area contributed by atoms with Crippen LogP contribution in [0.3, 0.4) is 0 Å². The molecular formula is C18H20N2O2. The predicted octanol–water partition coefficient (Wildman–Crippen LogP) is 2.33. The van der Waals surface area contributed by atoms with Gasteiger partial charge in [0, 0.05) is 23.0 Å². The number of methoxy groups -OCH3 is 1. The van der Waals surface area contributed by atoms with Crippen molar-refractivity contribution in [1.29, 1.82) is 0 Å². The van der Waals surface area contributed by atoms with Crippen molar-refractivity contribution in [2.24, 2.45) is 5.92 Å². The number of fused-ring (bicyclic) bond motifs is 3. The summed E-state index contributed by atoms with van der Waals surface area (Å²) in [7, 11) is 1.66. The molecule has 1 heterocycles. The molecule has 3 atom stereocenters. The first-order chi connectivity index (χ1) is 10.7. The number of carbonyl (C=O) groups is 1. The van der Waals surface area contributed by atoms with E-state index in [1.807, 2.05) is 36.4 Å². The first-order valence-corrected chi connectivity index (χ1v) is 7.85. The number of hydrogen-bond donors (Lipinski definition) is 2. The zero-order valence-corrected chi connectivity index (χ0v) is 12.6. The third-order valence-corrected chi connectivity index (χ3v) is 4.97. The summed E-state index contributed by atoms with van der Waals surface area (Å²) in [6.45, 7) is 1.10. The van der Waals surface area contributed by atoms with Crippen LogP contribution in [-0.2, 0) is 0 Å². The Morgan fingerprint density at radius 2 is 2.18 bits per heavy atom. The first-order valence-electron chi connectivity index (χ1n) is 7.85. The van der Waals surface area contributed by atoms with E-state index in [1.165, 1.54) is 6.42 Å². The Hall–Kier alpha value is -2.07. The van der Waals surface area contributed by atoms with Gasteiger partial charge in [0.1, 0.15) is 5.75 Å². The number of hydrogen-bond acceptors (Lipinski definition) is 3. The average Bonchev–Trinajstić information content (AvgIpc) is 3.16. The van der Waals surface area contributed by atoms with E-state index >= 15 is 0 Å². The van der Waals surface area contributed by atoms with Gasteiger partial charge in [0.15, 0.2) is 0 Å². The van der Waals surface area contributed by atoms with Crippen molar-refractivity contribution in [3.8, 4) is 5.75 Å². The van der Waals surface area contributed by atoms with Gasteiger partial charge in [0.2, 0.25) is 0 Å². The van der Waals surface area contributed by atoms with E-state index in [0.29, 0.717) is 11.6 Å². The Morgan fingerprint density at radius 1 is 1.27 bits per heavy atom. The highest BCUT2D eigenvalue weighted by molar-refractivity contribution is 6.00. The molecule has 1 saturated heterocycles. The monoisotopic (exact) mass is 296 g/mol. The van der Waals surface area contributed by atoms with E-state index in [-0.39, 0.29) is 11.9 Å². The lowest BCUT2D eigenvalue weighted by atomic mass is 10.0. The molecule has 2 N–H and O–H groups in total. The molecule has 114 valence electrons. The van der Waals surface area contributed by atoms with Gasteiger partial charge in [0.05, 0.1) is 7.11 Å². The molecule has 2 aromatic rings. The van der Waals surface area contributed by atoms with Crippen LogP contribution in [0.15, 0.2) is 36.4 Å². The van der Waals surface area contributed by atoms with Crippen LogP contribution < -0.4 is 15.4 Å². The minimum absolute atomic E-state index is 0.0177. The van der Waals surface area contributed by atoms with Crippen LogP contribution in [0, 0.1) is 5.92 Å². The molecule has 1 amide bonds. The molecule has 1 aliphatic heterocycles. The number of amides is 1. The van der Waals surface area contributed by atoms with Gasteiger partial charge in [-0.1, -0.05) is 12.1 Å². The van der Waals surface area contributed by atoms with Crippen LogP contribution in [0.1, 0.15) is 23.2 Å². The maximum Gasteiger partial charge on any atom is 0.251 e. The van der Waals surface area contributed by atoms with Gasteiger partial charge < -0.3 is 15.4 Å². The zero-order chi connectivity index (χ0) is 15.1. The van der Waals surface area contributed by atoms with Crippen LogP contribution in [0.4, 0.5) is 0 Å². The molecule has 1 saturated carbocycles. The minimum Gasteiger partial charge on any atom is -0.496 e. The summed E-state index contributed by atoms with van der Waals surface area (Å²) in [5.74, 6) is 1.59. The Labute approximate surface area is 129 Å². The second-order valence-electron chi connectivity index (χ2n) is 6.33. The second-order valence-corrected chi connectivity index (χ2v) is 6.33. The Bertz CT molecular complexity index is 728. The van der Waals surface area contributed by atoms with Crippen molar-refractivity contribution >= 4 is 16.7 Å². The van der Waals surface area contributed by atoms with Gasteiger partial charge in [-0.25, -0.2) is 0 Å². The molecule has 0 aromatic heterocycles. The molecule has 1 aliphatic carbocycles. The van der Waals surface area contributed by atoms with E-state index in [1.54, 1.807) is 7.11 Å². The summed E-state index contributed by atoms with van der Waals surface area (Å²) < 4.78 is 5.36. The molecule has 2 aliphatic rings. The Kier molecular flexibility index (Phi) is 3.26. The van der Waals surface area contributed by atoms with Gasteiger partial charge in [-0.2, -0.15) is 0 Å². The highest BCUT2D eigenvalue weighted by atomic mass is 16.5. The molecule has 4 heteroatoms. The molecule has 0 radical (unpaired) electrons. The highest BCUT2D eigenvalue weighted by Crippen LogP contribution is 2.31. The van der Waals surface area contributed by atoms with Gasteiger partial charge >= 0.3 is 0 Å². The number of carbonyl (C=O) groups excluding carboxylic acids is 1. The fourth-order valence-corrected chi connectivity index (χ4v) is 3.84. The summed E-state index contributed by atoms with van der Waals surface area (Å²) in [6.07, 6.45) is 2.30. The van der Waals surface area contributed by atoms with Crippen molar-refractivity contribution in [3.63, 3.8) is 0 Å². The highest BCUT2D eigenvalue weighted by Gasteiger charge is 2.40. The van der Waals surface area contributed by atoms with E-state index in [4.69, 9.17) is 4.74 Å². The standard InChI is InChI=1S/C18H20N2O2/c1-22-17-4-2-3-12-9-13(5-6-14(12)17)18(21)20-16-8-11-7-15(16)19-10-11/h2-6,9,11,15-16,19H,7-8,10H2,1H3,(H,20,21). The second kappa shape index (κ2) is 5.29. The molecule has 3 unspecified atom stereocenters. The fourth-order valence-electron chi connectivity index (χ4n) is 3.84. The third kappa shape index (κ3) is 2.24. The summed E-state index contributed by atoms with van der Waals surface area (Å²) in [5.41, 5.74) is 0.712. The van der Waals surface area contributed by atoms with Crippen LogP contribution in [0.25, 0.3) is 10.8 Å². The topological polar surface area (TPSA) is 50.4 Å². The molecule has 4 nitrogen and oxygen atoms in total. The normalized spacial score (nSPS) is 26.3. The maximum atomic E-state index is 12.5. The van der Waals surface area contributed by atoms with E-state index in [0.717, 1.165) is 35.4 Å². The number of ether oxygens (including phenoxy) is 1. The van der Waals surface area contributed by atoms with E-state index < -0.39 is 0 Å². The van der Waals surface area contributed by atoms with Gasteiger partial charge in [0.25, 0.3) is 5.91 Å². The lowest BCUT2D eigenvalue weighted by Gasteiger charge is -2.24. The lowest BCUT2D eigenvalue weighted by Crippen LogP contribution is -2.47. The van der Waals surface area contributed by atoms with E-state index in [2.05, 4.69) is 10.6 Å². The smallest absolute Gasteiger partial charge is 0.251 e. The summed E-state index contributed by atoms with van der Waals surface area (Å²) in [4.78, 5) is 12.5. The number of benzene rings is 2. The number of nitrogens with one attached hydrogen (secondary N) is 2. The third-order valence-electron chi connectivity index (χ3n) is 4.97. The Balaban J connectivity index is 1.57. The van der Waals surface area contributed by atoms with Crippen molar-refractivity contribution in [1.82, 2.24) is 10.6 Å². The average molecular weight is 296 g/mol. The molecule has 2 aromatic carbocycles. The zero-order valence-electron chi connectivity index (χ0n) is 12.6. The lowest BCUT2D eigenvalue weighted by molar-refractivity contribution is 0.0928. The van der Waals surface area contributed by atoms with Crippen molar-refractivity contribution in [2.45, 2.75) is 24.9 Å². The Morgan fingerprint density at radius 3 is 2.91 bits per heavy atom. The molecule has 0 spiro atoms. The quantitative estimate of drug-likeness (QED) is 0.914. The van der Waals surface area contributed by atoms with E-state index in [9.17, 15) is 4.79 Å². The molecule has 4 rings (SSSR count). The van der Waals surface area contributed by atoms with Gasteiger partial charge in [-0.3, -0.25) is 4.79 Å². The summed E-state index contributed by atoms with van der Waals surface area (Å²) in [6, 6.07) is 12.4. The van der Waals surface area contributed by atoms with Gasteiger partial charge in [-0.05, 0) is 55.0 Å². The van der Waals surface area contributed by atoms with Crippen molar-refractivity contribution in [3.05, 3.63) is 42.0 Å². The van der Waals surface area contributed by atoms with Crippen molar-refractivity contribution in [2.75, 3.05) is 13.7 Å². The van der Waals surface area contributed by atoms with Crippen LogP contribution in [0.5, 0.6) is 5.75 Å². The number of piperidine rings is 1. The first kappa shape index (κ1) is 13.6. The summed E-state index contributed by atoms with van der Waals surface area (Å²) >= 11 is 0. The fraction of sp³-hybridized carbons (Fsp3) is 0.389. The van der Waals surface area contributed by atoms with Crippen LogP contribution >= 0.6 is 0 Å². The molecular weight excluding hydrogens is 276 g/mol. The van der Waals surface area contributed by atoms with Gasteiger partial charge in [-0.15, -0.1) is 0 Å². The minimum atomic E-state index is 0.0177. The predicted molar refractivity (Wildman–Crippen MR) is 86.3 cm³/mol. The number of rotatable bonds is 3. The largest absolute Gasteiger partial charge is 0.496 e. The molecule has 2 bridgehead atoms. The van der Waals surface area contributed by atoms with Crippen LogP contribution in [0.2, 0.25) is 0 Å². The van der Waals surface area contributed by atoms with Crippen LogP contribution in [-0.4, -0.2) is 31.6 Å². The molecule has 2 fully saturated rings. The van der Waals surface area contributed by atoms with Crippen molar-refractivity contribution < 1.29 is 9.53 Å². The SMILES string of the molecule is COc1cccc2cc(C(=O)NC3CC4CNC3C4)ccc12. The maximum absolute atomic E-state index is 12.5. The summed E-state index contributed by atoms with van der Waals surface area (Å²) in [5, 5.41) is 8.72.